The minimum absolute atomic E-state index is 0.190. The second-order valence-corrected chi connectivity index (χ2v) is 9.09. The van der Waals surface area contributed by atoms with Gasteiger partial charge >= 0.3 is 0 Å². The molecule has 0 radical (unpaired) electrons. The first-order valence-corrected chi connectivity index (χ1v) is 11.0. The van der Waals surface area contributed by atoms with E-state index in [1.807, 2.05) is 54.6 Å². The Kier molecular flexibility index (Phi) is 5.26. The van der Waals surface area contributed by atoms with E-state index in [1.165, 1.54) is 3.97 Å². The fraction of sp³-hybridized carbons (Fsp3) is 0.0909. The Hall–Kier alpha value is -2.54. The van der Waals surface area contributed by atoms with E-state index in [2.05, 4.69) is 0 Å². The zero-order chi connectivity index (χ0) is 19.6. The highest BCUT2D eigenvalue weighted by atomic mass is 32.2. The van der Waals surface area contributed by atoms with Crippen molar-refractivity contribution in [2.24, 2.45) is 0 Å². The number of benzene rings is 3. The van der Waals surface area contributed by atoms with Crippen LogP contribution in [-0.2, 0) is 21.4 Å². The number of fused-ring (bicyclic) bond motifs is 1. The van der Waals surface area contributed by atoms with Gasteiger partial charge in [0, 0.05) is 22.3 Å². The Morgan fingerprint density at radius 2 is 1.46 bits per heavy atom. The molecule has 4 nitrogen and oxygen atoms in total. The Morgan fingerprint density at radius 1 is 0.857 bits per heavy atom. The summed E-state index contributed by atoms with van der Waals surface area (Å²) in [4.78, 5) is 2.19. The van der Waals surface area contributed by atoms with Crippen LogP contribution in [0.4, 0.5) is 0 Å². The number of hydrogen-bond donors (Lipinski definition) is 0. The van der Waals surface area contributed by atoms with Crippen molar-refractivity contribution in [3.8, 4) is 0 Å². The van der Waals surface area contributed by atoms with Crippen molar-refractivity contribution in [2.45, 2.75) is 21.3 Å². The predicted molar refractivity (Wildman–Crippen MR) is 112 cm³/mol. The van der Waals surface area contributed by atoms with E-state index in [1.54, 1.807) is 49.2 Å². The summed E-state index contributed by atoms with van der Waals surface area (Å²) in [5.74, 6) is 0. The van der Waals surface area contributed by atoms with E-state index in [0.717, 1.165) is 15.2 Å². The van der Waals surface area contributed by atoms with E-state index in [4.69, 9.17) is 4.74 Å². The van der Waals surface area contributed by atoms with Crippen LogP contribution >= 0.6 is 11.8 Å². The van der Waals surface area contributed by atoms with Crippen molar-refractivity contribution >= 4 is 32.7 Å². The molecule has 0 atom stereocenters. The standard InChI is InChI=1S/C22H19NO3S2/c1-26-16-21-22(27-17-10-4-2-5-11-17)19-14-8-9-15-20(19)23(21)28(24,25)18-12-6-3-7-13-18/h2-15H,16H2,1H3. The fourth-order valence-corrected chi connectivity index (χ4v) is 5.89. The topological polar surface area (TPSA) is 48.3 Å². The minimum atomic E-state index is -3.77. The molecule has 4 aromatic rings. The van der Waals surface area contributed by atoms with Crippen molar-refractivity contribution in [3.05, 3.63) is 90.6 Å². The summed E-state index contributed by atoms with van der Waals surface area (Å²) in [6.07, 6.45) is 0. The Labute approximate surface area is 168 Å². The van der Waals surface area contributed by atoms with Crippen LogP contribution < -0.4 is 0 Å². The van der Waals surface area contributed by atoms with Gasteiger partial charge in [0.25, 0.3) is 10.0 Å². The van der Waals surface area contributed by atoms with Gasteiger partial charge in [0.1, 0.15) is 0 Å². The maximum atomic E-state index is 13.5. The van der Waals surface area contributed by atoms with Crippen LogP contribution in [0.15, 0.2) is 99.6 Å². The average molecular weight is 410 g/mol. The summed E-state index contributed by atoms with van der Waals surface area (Å²) in [5.41, 5.74) is 1.28. The molecular weight excluding hydrogens is 390 g/mol. The fourth-order valence-electron chi connectivity index (χ4n) is 3.19. The number of nitrogens with zero attached hydrogens (tertiary/aromatic N) is 1. The molecule has 6 heteroatoms. The molecular formula is C22H19NO3S2. The molecule has 0 aliphatic heterocycles. The molecule has 0 bridgehead atoms. The smallest absolute Gasteiger partial charge is 0.268 e. The monoisotopic (exact) mass is 409 g/mol. The molecule has 0 amide bonds. The molecule has 0 N–H and O–H groups in total. The maximum absolute atomic E-state index is 13.5. The third-order valence-electron chi connectivity index (χ3n) is 4.40. The first kappa shape index (κ1) is 18.8. The molecule has 1 heterocycles. The van der Waals surface area contributed by atoms with Gasteiger partial charge in [0.15, 0.2) is 0 Å². The van der Waals surface area contributed by atoms with Gasteiger partial charge in [-0.3, -0.25) is 0 Å². The Bertz CT molecular complexity index is 1200. The predicted octanol–water partition coefficient (Wildman–Crippen LogP) is 5.18. The molecule has 142 valence electrons. The molecule has 0 fully saturated rings. The lowest BCUT2D eigenvalue weighted by Gasteiger charge is -2.12. The zero-order valence-electron chi connectivity index (χ0n) is 15.3. The van der Waals surface area contributed by atoms with Crippen molar-refractivity contribution in [3.63, 3.8) is 0 Å². The molecule has 0 unspecified atom stereocenters. The third-order valence-corrected chi connectivity index (χ3v) is 7.33. The van der Waals surface area contributed by atoms with E-state index in [0.29, 0.717) is 11.2 Å². The first-order chi connectivity index (χ1) is 13.6. The van der Waals surface area contributed by atoms with E-state index >= 15 is 0 Å². The molecule has 0 aliphatic rings. The van der Waals surface area contributed by atoms with Crippen molar-refractivity contribution < 1.29 is 13.2 Å². The van der Waals surface area contributed by atoms with Crippen LogP contribution in [0.25, 0.3) is 10.9 Å². The molecule has 3 aromatic carbocycles. The molecule has 28 heavy (non-hydrogen) atoms. The minimum Gasteiger partial charge on any atom is -0.378 e. The quantitative estimate of drug-likeness (QED) is 0.440. The summed E-state index contributed by atoms with van der Waals surface area (Å²) < 4.78 is 33.8. The zero-order valence-corrected chi connectivity index (χ0v) is 16.9. The SMILES string of the molecule is COCc1c(Sc2ccccc2)c2ccccc2n1S(=O)(=O)c1ccccc1. The number of rotatable bonds is 6. The Balaban J connectivity index is 2.00. The summed E-state index contributed by atoms with van der Waals surface area (Å²) in [5, 5.41) is 0.892. The molecule has 0 spiro atoms. The van der Waals surface area contributed by atoms with Gasteiger partial charge in [-0.25, -0.2) is 12.4 Å². The van der Waals surface area contributed by atoms with Gasteiger partial charge in [-0.05, 0) is 30.3 Å². The lowest BCUT2D eigenvalue weighted by atomic mass is 10.2. The summed E-state index contributed by atoms with van der Waals surface area (Å²) in [7, 11) is -2.19. The van der Waals surface area contributed by atoms with Crippen molar-refractivity contribution in [1.82, 2.24) is 3.97 Å². The van der Waals surface area contributed by atoms with Crippen LogP contribution in [0.3, 0.4) is 0 Å². The summed E-state index contributed by atoms with van der Waals surface area (Å²) in [6, 6.07) is 26.0. The van der Waals surface area contributed by atoms with E-state index in [-0.39, 0.29) is 11.5 Å². The van der Waals surface area contributed by atoms with E-state index < -0.39 is 10.0 Å². The van der Waals surface area contributed by atoms with Crippen LogP contribution in [0.5, 0.6) is 0 Å². The van der Waals surface area contributed by atoms with Gasteiger partial charge in [0.2, 0.25) is 0 Å². The van der Waals surface area contributed by atoms with Crippen molar-refractivity contribution in [1.29, 1.82) is 0 Å². The Morgan fingerprint density at radius 3 is 2.14 bits per heavy atom. The van der Waals surface area contributed by atoms with E-state index in [9.17, 15) is 8.42 Å². The average Bonchev–Trinajstić information content (AvgIpc) is 3.04. The molecule has 1 aromatic heterocycles. The number of aromatic nitrogens is 1. The highest BCUT2D eigenvalue weighted by Gasteiger charge is 2.27. The van der Waals surface area contributed by atoms with Gasteiger partial charge in [-0.1, -0.05) is 66.4 Å². The van der Waals surface area contributed by atoms with Crippen LogP contribution in [0.2, 0.25) is 0 Å². The number of methoxy groups -OCH3 is 1. The van der Waals surface area contributed by atoms with Gasteiger partial charge < -0.3 is 4.74 Å². The molecule has 0 aliphatic carbocycles. The van der Waals surface area contributed by atoms with Crippen molar-refractivity contribution in [2.75, 3.05) is 7.11 Å². The van der Waals surface area contributed by atoms with Crippen LogP contribution in [-0.4, -0.2) is 19.5 Å². The van der Waals surface area contributed by atoms with Crippen LogP contribution in [0, 0.1) is 0 Å². The lowest BCUT2D eigenvalue weighted by Crippen LogP contribution is -2.16. The first-order valence-electron chi connectivity index (χ1n) is 8.77. The lowest BCUT2D eigenvalue weighted by molar-refractivity contribution is 0.179. The number of para-hydroxylation sites is 1. The second kappa shape index (κ2) is 7.83. The van der Waals surface area contributed by atoms with Gasteiger partial charge in [-0.2, -0.15) is 0 Å². The second-order valence-electron chi connectivity index (χ2n) is 6.22. The van der Waals surface area contributed by atoms with Gasteiger partial charge in [0.05, 0.1) is 22.7 Å². The molecule has 0 saturated carbocycles. The van der Waals surface area contributed by atoms with Crippen LogP contribution in [0.1, 0.15) is 5.69 Å². The largest absolute Gasteiger partial charge is 0.378 e. The highest BCUT2D eigenvalue weighted by Crippen LogP contribution is 2.40. The molecule has 0 saturated heterocycles. The molecule has 4 rings (SSSR count). The highest BCUT2D eigenvalue weighted by molar-refractivity contribution is 7.99. The van der Waals surface area contributed by atoms with Gasteiger partial charge in [-0.15, -0.1) is 0 Å². The summed E-state index contributed by atoms with van der Waals surface area (Å²) >= 11 is 1.55. The normalized spacial score (nSPS) is 11.8. The number of ether oxygens (including phenoxy) is 1. The number of hydrogen-bond acceptors (Lipinski definition) is 4. The maximum Gasteiger partial charge on any atom is 0.268 e. The summed E-state index contributed by atoms with van der Waals surface area (Å²) in [6.45, 7) is 0.190. The third kappa shape index (κ3) is 3.35.